The number of ketones is 1. The Balaban J connectivity index is 2.04. The molecule has 0 saturated heterocycles. The molecule has 0 aromatic carbocycles. The summed E-state index contributed by atoms with van der Waals surface area (Å²) in [5, 5.41) is 9.90. The number of anilines is 1. The van der Waals surface area contributed by atoms with E-state index in [1.165, 1.54) is 18.3 Å². The van der Waals surface area contributed by atoms with Gasteiger partial charge < -0.3 is 0 Å². The second-order valence-electron chi connectivity index (χ2n) is 6.72. The topological polar surface area (TPSA) is 89.8 Å². The Morgan fingerprint density at radius 2 is 1.92 bits per heavy atom. The Morgan fingerprint density at radius 3 is 2.50 bits per heavy atom. The van der Waals surface area contributed by atoms with Gasteiger partial charge in [-0.1, -0.05) is 13.8 Å². The summed E-state index contributed by atoms with van der Waals surface area (Å²) < 4.78 is 1.81. The summed E-state index contributed by atoms with van der Waals surface area (Å²) in [5.41, 5.74) is 2.37. The molecule has 136 valence electrons. The van der Waals surface area contributed by atoms with Crippen LogP contribution >= 0.6 is 11.3 Å². The summed E-state index contributed by atoms with van der Waals surface area (Å²) in [4.78, 5) is 33.1. The summed E-state index contributed by atoms with van der Waals surface area (Å²) in [5.74, 6) is -0.244. The molecule has 3 aromatic heterocycles. The van der Waals surface area contributed by atoms with Gasteiger partial charge in [0, 0.05) is 24.0 Å². The lowest BCUT2D eigenvalue weighted by Crippen LogP contribution is -2.14. The molecule has 0 spiro atoms. The SMILES string of the molecule is CC(=O)c1csc(NC(=O)c2cc(C(C)C)nc3c2cnn3C(C)C)n1. The molecule has 8 heteroatoms. The smallest absolute Gasteiger partial charge is 0.258 e. The first kappa shape index (κ1) is 18.2. The van der Waals surface area contributed by atoms with Crippen LogP contribution < -0.4 is 5.32 Å². The summed E-state index contributed by atoms with van der Waals surface area (Å²) >= 11 is 1.23. The molecule has 3 heterocycles. The Kier molecular flexibility index (Phi) is 4.86. The molecule has 7 nitrogen and oxygen atoms in total. The maximum Gasteiger partial charge on any atom is 0.258 e. The van der Waals surface area contributed by atoms with Crippen LogP contribution in [-0.4, -0.2) is 31.4 Å². The van der Waals surface area contributed by atoms with Gasteiger partial charge in [0.05, 0.1) is 17.1 Å². The normalized spacial score (nSPS) is 11.5. The zero-order chi connectivity index (χ0) is 19.0. The third kappa shape index (κ3) is 3.37. The van der Waals surface area contributed by atoms with E-state index in [1.807, 2.05) is 32.4 Å². The molecule has 3 rings (SSSR count). The first-order chi connectivity index (χ1) is 12.3. The van der Waals surface area contributed by atoms with Crippen LogP contribution in [0.5, 0.6) is 0 Å². The van der Waals surface area contributed by atoms with Crippen molar-refractivity contribution in [3.8, 4) is 0 Å². The van der Waals surface area contributed by atoms with Gasteiger partial charge in [-0.25, -0.2) is 14.6 Å². The largest absolute Gasteiger partial charge is 0.298 e. The zero-order valence-corrected chi connectivity index (χ0v) is 16.2. The van der Waals surface area contributed by atoms with Crippen molar-refractivity contribution in [2.45, 2.75) is 46.6 Å². The molecule has 0 atom stereocenters. The van der Waals surface area contributed by atoms with Gasteiger partial charge in [-0.15, -0.1) is 11.3 Å². The Labute approximate surface area is 155 Å². The fourth-order valence-electron chi connectivity index (χ4n) is 2.56. The second kappa shape index (κ2) is 6.95. The van der Waals surface area contributed by atoms with Crippen LogP contribution in [0.2, 0.25) is 0 Å². The zero-order valence-electron chi connectivity index (χ0n) is 15.4. The van der Waals surface area contributed by atoms with Crippen LogP contribution in [0.3, 0.4) is 0 Å². The molecule has 3 aromatic rings. The molecule has 0 bridgehead atoms. The lowest BCUT2D eigenvalue weighted by molar-refractivity contribution is 0.100. The van der Waals surface area contributed by atoms with Crippen LogP contribution in [0, 0.1) is 0 Å². The Morgan fingerprint density at radius 1 is 1.19 bits per heavy atom. The number of amides is 1. The van der Waals surface area contributed by atoms with Gasteiger partial charge in [0.25, 0.3) is 5.91 Å². The quantitative estimate of drug-likeness (QED) is 0.684. The standard InChI is InChI=1S/C18H21N5O2S/c1-9(2)14-6-12(13-7-19-23(10(3)4)16(13)20-14)17(25)22-18-21-15(8-26-18)11(5)24/h6-10H,1-5H3,(H,21,22,25). The predicted octanol–water partition coefficient (Wildman–Crippen LogP) is 4.05. The van der Waals surface area contributed by atoms with E-state index in [-0.39, 0.29) is 23.7 Å². The number of hydrogen-bond donors (Lipinski definition) is 1. The highest BCUT2D eigenvalue weighted by Gasteiger charge is 2.20. The van der Waals surface area contributed by atoms with Gasteiger partial charge in [0.1, 0.15) is 5.69 Å². The lowest BCUT2D eigenvalue weighted by Gasteiger charge is -2.11. The van der Waals surface area contributed by atoms with E-state index in [0.717, 1.165) is 5.69 Å². The molecule has 0 aliphatic heterocycles. The monoisotopic (exact) mass is 371 g/mol. The maximum atomic E-state index is 12.9. The van der Waals surface area contributed by atoms with Crippen LogP contribution in [-0.2, 0) is 0 Å². The van der Waals surface area contributed by atoms with Crippen molar-refractivity contribution < 1.29 is 9.59 Å². The average Bonchev–Trinajstić information content (AvgIpc) is 3.20. The average molecular weight is 371 g/mol. The van der Waals surface area contributed by atoms with Gasteiger partial charge in [0.2, 0.25) is 0 Å². The fourth-order valence-corrected chi connectivity index (χ4v) is 3.30. The van der Waals surface area contributed by atoms with E-state index >= 15 is 0 Å². The molecule has 0 fully saturated rings. The van der Waals surface area contributed by atoms with Crippen molar-refractivity contribution in [3.63, 3.8) is 0 Å². The minimum atomic E-state index is -0.285. The van der Waals surface area contributed by atoms with Gasteiger partial charge in [-0.2, -0.15) is 5.10 Å². The number of aromatic nitrogens is 4. The Bertz CT molecular complexity index is 987. The predicted molar refractivity (Wildman–Crippen MR) is 102 cm³/mol. The highest BCUT2D eigenvalue weighted by Crippen LogP contribution is 2.25. The number of Topliss-reactive ketones (excluding diaryl/α,β-unsaturated/α-hetero) is 1. The number of carbonyl (C=O) groups is 2. The van der Waals surface area contributed by atoms with Gasteiger partial charge in [-0.3, -0.25) is 14.9 Å². The van der Waals surface area contributed by atoms with Gasteiger partial charge in [0.15, 0.2) is 16.6 Å². The molecule has 1 N–H and O–H groups in total. The van der Waals surface area contributed by atoms with Crippen molar-refractivity contribution in [2.24, 2.45) is 0 Å². The minimum Gasteiger partial charge on any atom is -0.298 e. The van der Waals surface area contributed by atoms with Crippen LogP contribution in [0.1, 0.15) is 73.1 Å². The number of fused-ring (bicyclic) bond motifs is 1. The van der Waals surface area contributed by atoms with Crippen LogP contribution in [0.25, 0.3) is 11.0 Å². The Hall–Kier alpha value is -2.61. The number of thiazole rings is 1. The van der Waals surface area contributed by atoms with Crippen molar-refractivity contribution >= 4 is 39.2 Å². The van der Waals surface area contributed by atoms with Crippen molar-refractivity contribution in [1.82, 2.24) is 19.7 Å². The number of nitrogens with zero attached hydrogens (tertiary/aromatic N) is 4. The summed E-state index contributed by atoms with van der Waals surface area (Å²) in [6.07, 6.45) is 1.67. The second-order valence-corrected chi connectivity index (χ2v) is 7.58. The number of hydrogen-bond acceptors (Lipinski definition) is 6. The van der Waals surface area contributed by atoms with E-state index in [0.29, 0.717) is 27.4 Å². The molecular weight excluding hydrogens is 350 g/mol. The van der Waals surface area contributed by atoms with E-state index < -0.39 is 0 Å². The third-order valence-corrected chi connectivity index (χ3v) is 4.75. The molecule has 26 heavy (non-hydrogen) atoms. The molecule has 0 unspecified atom stereocenters. The number of pyridine rings is 1. The summed E-state index contributed by atoms with van der Waals surface area (Å²) in [7, 11) is 0. The molecule has 0 saturated carbocycles. The molecular formula is C18H21N5O2S. The first-order valence-corrected chi connectivity index (χ1v) is 9.31. The number of carbonyl (C=O) groups excluding carboxylic acids is 2. The highest BCUT2D eigenvalue weighted by molar-refractivity contribution is 7.14. The minimum absolute atomic E-state index is 0.131. The first-order valence-electron chi connectivity index (χ1n) is 8.44. The van der Waals surface area contributed by atoms with E-state index in [4.69, 9.17) is 4.98 Å². The van der Waals surface area contributed by atoms with E-state index in [9.17, 15) is 9.59 Å². The lowest BCUT2D eigenvalue weighted by atomic mass is 10.0. The molecule has 0 aliphatic carbocycles. The number of nitrogens with one attached hydrogen (secondary N) is 1. The highest BCUT2D eigenvalue weighted by atomic mass is 32.1. The summed E-state index contributed by atoms with van der Waals surface area (Å²) in [6.45, 7) is 9.56. The molecule has 0 radical (unpaired) electrons. The van der Waals surface area contributed by atoms with E-state index in [1.54, 1.807) is 17.6 Å². The number of rotatable bonds is 5. The fraction of sp³-hybridized carbons (Fsp3) is 0.389. The van der Waals surface area contributed by atoms with Crippen molar-refractivity contribution in [3.05, 3.63) is 34.6 Å². The molecule has 0 aliphatic rings. The van der Waals surface area contributed by atoms with Crippen LogP contribution in [0.4, 0.5) is 5.13 Å². The van der Waals surface area contributed by atoms with Gasteiger partial charge >= 0.3 is 0 Å². The molecule has 1 amide bonds. The third-order valence-electron chi connectivity index (χ3n) is 4.00. The van der Waals surface area contributed by atoms with E-state index in [2.05, 4.69) is 15.4 Å². The van der Waals surface area contributed by atoms with Gasteiger partial charge in [-0.05, 0) is 25.8 Å². The van der Waals surface area contributed by atoms with Crippen LogP contribution in [0.15, 0.2) is 17.6 Å². The summed E-state index contributed by atoms with van der Waals surface area (Å²) in [6, 6.07) is 1.93. The van der Waals surface area contributed by atoms with Crippen molar-refractivity contribution in [2.75, 3.05) is 5.32 Å². The van der Waals surface area contributed by atoms with Crippen molar-refractivity contribution in [1.29, 1.82) is 0 Å². The maximum absolute atomic E-state index is 12.9.